The fraction of sp³-hybridized carbons (Fsp3) is 0.0833. The lowest BCUT2D eigenvalue weighted by atomic mass is 10.2. The van der Waals surface area contributed by atoms with Gasteiger partial charge in [-0.1, -0.05) is 12.1 Å². The summed E-state index contributed by atoms with van der Waals surface area (Å²) in [5.74, 6) is -0.208. The highest BCUT2D eigenvalue weighted by Crippen LogP contribution is 2.07. The molecule has 0 radical (unpaired) electrons. The lowest BCUT2D eigenvalue weighted by Crippen LogP contribution is -1.99. The van der Waals surface area contributed by atoms with Crippen LogP contribution in [0.4, 0.5) is 10.1 Å². The molecule has 0 saturated heterocycles. The van der Waals surface area contributed by atoms with E-state index in [0.29, 0.717) is 6.54 Å². The van der Waals surface area contributed by atoms with Gasteiger partial charge in [-0.15, -0.1) is 24.8 Å². The molecule has 2 nitrogen and oxygen atoms in total. The van der Waals surface area contributed by atoms with E-state index in [9.17, 15) is 4.39 Å². The average molecular weight is 275 g/mol. The Morgan fingerprint density at radius 1 is 1.06 bits per heavy atom. The van der Waals surface area contributed by atoms with Crippen LogP contribution < -0.4 is 5.32 Å². The van der Waals surface area contributed by atoms with Gasteiger partial charge in [0.1, 0.15) is 5.82 Å². The van der Waals surface area contributed by atoms with E-state index in [1.807, 2.05) is 12.1 Å². The molecule has 0 aliphatic heterocycles. The molecule has 0 saturated carbocycles. The summed E-state index contributed by atoms with van der Waals surface area (Å²) in [6, 6.07) is 10.3. The van der Waals surface area contributed by atoms with Gasteiger partial charge in [0, 0.05) is 18.9 Å². The zero-order valence-electron chi connectivity index (χ0n) is 8.97. The number of rotatable bonds is 3. The van der Waals surface area contributed by atoms with Crippen molar-refractivity contribution in [2.75, 3.05) is 5.32 Å². The Morgan fingerprint density at radius 3 is 2.35 bits per heavy atom. The molecular formula is C12H13Cl2FN2. The maximum Gasteiger partial charge on any atom is 0.123 e. The summed E-state index contributed by atoms with van der Waals surface area (Å²) >= 11 is 0. The first-order chi connectivity index (χ1) is 7.34. The van der Waals surface area contributed by atoms with E-state index in [1.165, 1.54) is 12.1 Å². The van der Waals surface area contributed by atoms with Gasteiger partial charge in [0.05, 0.1) is 5.69 Å². The number of nitrogens with one attached hydrogen (secondary N) is 1. The van der Waals surface area contributed by atoms with Crippen LogP contribution >= 0.6 is 24.8 Å². The zero-order valence-corrected chi connectivity index (χ0v) is 10.6. The predicted octanol–water partition coefficient (Wildman–Crippen LogP) is 3.68. The normalized spacial score (nSPS) is 8.76. The van der Waals surface area contributed by atoms with E-state index in [0.717, 1.165) is 11.3 Å². The largest absolute Gasteiger partial charge is 0.380 e. The Hall–Kier alpha value is -1.32. The van der Waals surface area contributed by atoms with Gasteiger partial charge in [0.25, 0.3) is 0 Å². The minimum absolute atomic E-state index is 0. The van der Waals surface area contributed by atoms with Gasteiger partial charge in [0.15, 0.2) is 0 Å². The topological polar surface area (TPSA) is 24.9 Å². The van der Waals surface area contributed by atoms with Crippen LogP contribution in [0.5, 0.6) is 0 Å². The molecule has 17 heavy (non-hydrogen) atoms. The van der Waals surface area contributed by atoms with E-state index in [2.05, 4.69) is 10.3 Å². The van der Waals surface area contributed by atoms with E-state index in [1.54, 1.807) is 24.5 Å². The van der Waals surface area contributed by atoms with Gasteiger partial charge < -0.3 is 5.32 Å². The van der Waals surface area contributed by atoms with Crippen molar-refractivity contribution < 1.29 is 4.39 Å². The second kappa shape index (κ2) is 7.87. The Labute approximate surface area is 112 Å². The number of pyridine rings is 1. The predicted molar refractivity (Wildman–Crippen MR) is 72.5 cm³/mol. The van der Waals surface area contributed by atoms with Gasteiger partial charge in [-0.25, -0.2) is 4.39 Å². The fourth-order valence-electron chi connectivity index (χ4n) is 1.27. The number of hydrogen-bond acceptors (Lipinski definition) is 2. The second-order valence-electron chi connectivity index (χ2n) is 3.22. The molecule has 1 aromatic heterocycles. The van der Waals surface area contributed by atoms with Crippen molar-refractivity contribution in [1.82, 2.24) is 4.98 Å². The standard InChI is InChI=1S/C12H11FN2.2ClH/c13-11-5-3-10(4-6-11)8-15-12-2-1-7-14-9-12;;/h1-7,9,15H,8H2;2*1H. The number of hydrogen-bond donors (Lipinski definition) is 1. The van der Waals surface area contributed by atoms with Crippen molar-refractivity contribution in [2.24, 2.45) is 0 Å². The lowest BCUT2D eigenvalue weighted by molar-refractivity contribution is 0.627. The van der Waals surface area contributed by atoms with Gasteiger partial charge in [0.2, 0.25) is 0 Å². The van der Waals surface area contributed by atoms with Crippen LogP contribution in [-0.4, -0.2) is 4.98 Å². The molecule has 1 heterocycles. The first kappa shape index (κ1) is 15.7. The molecular weight excluding hydrogens is 262 g/mol. The van der Waals surface area contributed by atoms with Crippen LogP contribution in [0.15, 0.2) is 48.8 Å². The summed E-state index contributed by atoms with van der Waals surface area (Å²) in [5.41, 5.74) is 2.00. The third-order valence-corrected chi connectivity index (χ3v) is 2.07. The summed E-state index contributed by atoms with van der Waals surface area (Å²) in [6.45, 7) is 0.673. The maximum atomic E-state index is 12.6. The maximum absolute atomic E-state index is 12.6. The summed E-state index contributed by atoms with van der Waals surface area (Å²) in [5, 5.41) is 3.20. The summed E-state index contributed by atoms with van der Waals surface area (Å²) in [7, 11) is 0. The first-order valence-corrected chi connectivity index (χ1v) is 4.73. The van der Waals surface area contributed by atoms with Crippen molar-refractivity contribution >= 4 is 30.5 Å². The van der Waals surface area contributed by atoms with Crippen LogP contribution in [0.25, 0.3) is 0 Å². The molecule has 92 valence electrons. The third kappa shape index (κ3) is 5.02. The highest BCUT2D eigenvalue weighted by atomic mass is 35.5. The van der Waals surface area contributed by atoms with Crippen molar-refractivity contribution in [3.63, 3.8) is 0 Å². The minimum atomic E-state index is -0.208. The van der Waals surface area contributed by atoms with Gasteiger partial charge in [-0.3, -0.25) is 4.98 Å². The lowest BCUT2D eigenvalue weighted by Gasteiger charge is -2.05. The molecule has 0 fully saturated rings. The van der Waals surface area contributed by atoms with Gasteiger partial charge in [-0.05, 0) is 29.8 Å². The van der Waals surface area contributed by atoms with Crippen molar-refractivity contribution in [1.29, 1.82) is 0 Å². The Balaban J connectivity index is 0.00000128. The Bertz CT molecular complexity index is 420. The SMILES string of the molecule is Cl.Cl.Fc1ccc(CNc2cccnc2)cc1. The van der Waals surface area contributed by atoms with E-state index in [-0.39, 0.29) is 30.6 Å². The minimum Gasteiger partial charge on any atom is -0.380 e. The van der Waals surface area contributed by atoms with Crippen LogP contribution in [0.1, 0.15) is 5.56 Å². The first-order valence-electron chi connectivity index (χ1n) is 4.73. The summed E-state index contributed by atoms with van der Waals surface area (Å²) < 4.78 is 12.6. The van der Waals surface area contributed by atoms with Gasteiger partial charge in [-0.2, -0.15) is 0 Å². The highest BCUT2D eigenvalue weighted by Gasteiger charge is 1.94. The molecule has 0 unspecified atom stereocenters. The average Bonchev–Trinajstić information content (AvgIpc) is 2.30. The third-order valence-electron chi connectivity index (χ3n) is 2.07. The number of nitrogens with zero attached hydrogens (tertiary/aromatic N) is 1. The number of anilines is 1. The molecule has 5 heteroatoms. The molecule has 0 spiro atoms. The van der Waals surface area contributed by atoms with E-state index >= 15 is 0 Å². The van der Waals surface area contributed by atoms with Crippen molar-refractivity contribution in [3.05, 3.63) is 60.2 Å². The van der Waals surface area contributed by atoms with Crippen LogP contribution in [0.2, 0.25) is 0 Å². The van der Waals surface area contributed by atoms with E-state index < -0.39 is 0 Å². The molecule has 0 aliphatic rings. The van der Waals surface area contributed by atoms with E-state index in [4.69, 9.17) is 0 Å². The molecule has 2 rings (SSSR count). The summed E-state index contributed by atoms with van der Waals surface area (Å²) in [6.07, 6.45) is 3.48. The molecule has 1 aromatic carbocycles. The Kier molecular flexibility index (Phi) is 7.26. The number of aromatic nitrogens is 1. The number of benzene rings is 1. The van der Waals surface area contributed by atoms with Crippen molar-refractivity contribution in [3.8, 4) is 0 Å². The fourth-order valence-corrected chi connectivity index (χ4v) is 1.27. The second-order valence-corrected chi connectivity index (χ2v) is 3.22. The van der Waals surface area contributed by atoms with Crippen molar-refractivity contribution in [2.45, 2.75) is 6.54 Å². The molecule has 0 bridgehead atoms. The molecule has 2 aromatic rings. The van der Waals surface area contributed by atoms with Gasteiger partial charge >= 0.3 is 0 Å². The quantitative estimate of drug-likeness (QED) is 0.924. The molecule has 0 aliphatic carbocycles. The van der Waals surface area contributed by atoms with Crippen LogP contribution in [-0.2, 0) is 6.54 Å². The monoisotopic (exact) mass is 274 g/mol. The molecule has 0 amide bonds. The summed E-state index contributed by atoms with van der Waals surface area (Å²) in [4.78, 5) is 3.99. The Morgan fingerprint density at radius 2 is 1.76 bits per heavy atom. The van der Waals surface area contributed by atoms with Crippen LogP contribution in [0.3, 0.4) is 0 Å². The smallest absolute Gasteiger partial charge is 0.123 e. The zero-order chi connectivity index (χ0) is 10.5. The van der Waals surface area contributed by atoms with Crippen LogP contribution in [0, 0.1) is 5.82 Å². The molecule has 1 N–H and O–H groups in total. The molecule has 0 atom stereocenters. The number of halogens is 3. The highest BCUT2D eigenvalue weighted by molar-refractivity contribution is 5.85.